The van der Waals surface area contributed by atoms with E-state index in [0.29, 0.717) is 23.2 Å². The normalized spacial score (nSPS) is 10.4. The highest BCUT2D eigenvalue weighted by Gasteiger charge is 2.09. The summed E-state index contributed by atoms with van der Waals surface area (Å²) < 4.78 is 16.0. The van der Waals surface area contributed by atoms with Gasteiger partial charge in [0.2, 0.25) is 5.13 Å². The lowest BCUT2D eigenvalue weighted by Gasteiger charge is -2.08. The van der Waals surface area contributed by atoms with Crippen LogP contribution in [0.2, 0.25) is 0 Å². The molecule has 0 fully saturated rings. The first kappa shape index (κ1) is 21.7. The molecule has 2 aromatic carbocycles. The molecule has 0 amide bonds. The average molecular weight is 464 g/mol. The van der Waals surface area contributed by atoms with E-state index >= 15 is 0 Å². The maximum absolute atomic E-state index is 5.43. The van der Waals surface area contributed by atoms with Gasteiger partial charge in [-0.05, 0) is 55.0 Å². The molecule has 6 nitrogen and oxygen atoms in total. The third-order valence-electron chi connectivity index (χ3n) is 3.75. The van der Waals surface area contributed by atoms with Crippen molar-refractivity contribution >= 4 is 39.7 Å². The maximum Gasteiger partial charge on any atom is 0.203 e. The number of rotatable bonds is 8. The Morgan fingerprint density at radius 1 is 1.07 bits per heavy atom. The molecule has 0 aliphatic carbocycles. The number of ether oxygens (including phenoxy) is 3. The third kappa shape index (κ3) is 5.46. The van der Waals surface area contributed by atoms with Crippen molar-refractivity contribution in [1.29, 1.82) is 0 Å². The predicted molar refractivity (Wildman–Crippen MR) is 120 cm³/mol. The molecule has 0 saturated carbocycles. The number of anilines is 1. The Kier molecular flexibility index (Phi) is 8.28. The lowest BCUT2D eigenvalue weighted by molar-refractivity contribution is 0.340. The van der Waals surface area contributed by atoms with Crippen LogP contribution in [0.25, 0.3) is 11.3 Å². The summed E-state index contributed by atoms with van der Waals surface area (Å²) in [6, 6.07) is 13.5. The van der Waals surface area contributed by atoms with Gasteiger partial charge in [-0.25, -0.2) is 4.98 Å². The first-order valence-electron chi connectivity index (χ1n) is 8.43. The Bertz CT molecular complexity index is 913. The third-order valence-corrected chi connectivity index (χ3v) is 4.50. The van der Waals surface area contributed by atoms with Gasteiger partial charge in [-0.2, -0.15) is 5.10 Å². The van der Waals surface area contributed by atoms with Gasteiger partial charge < -0.3 is 14.2 Å². The Balaban J connectivity index is 0.00000280. The number of thiazole rings is 1. The van der Waals surface area contributed by atoms with Crippen LogP contribution < -0.4 is 19.6 Å². The van der Waals surface area contributed by atoms with Crippen LogP contribution in [-0.4, -0.2) is 32.0 Å². The minimum Gasteiger partial charge on any atom is -0.494 e. The number of hydrogen-bond donors (Lipinski definition) is 1. The molecule has 0 bridgehead atoms. The minimum atomic E-state index is 0. The number of halogens is 1. The smallest absolute Gasteiger partial charge is 0.203 e. The Morgan fingerprint density at radius 3 is 2.50 bits per heavy atom. The van der Waals surface area contributed by atoms with E-state index in [1.807, 2.05) is 54.8 Å². The Hall–Kier alpha value is -2.58. The van der Waals surface area contributed by atoms with E-state index in [-0.39, 0.29) is 17.0 Å². The van der Waals surface area contributed by atoms with Crippen molar-refractivity contribution < 1.29 is 14.2 Å². The summed E-state index contributed by atoms with van der Waals surface area (Å²) in [4.78, 5) is 4.56. The highest BCUT2D eigenvalue weighted by atomic mass is 79.9. The molecule has 0 atom stereocenters. The van der Waals surface area contributed by atoms with Gasteiger partial charge in [0.1, 0.15) is 5.75 Å². The van der Waals surface area contributed by atoms with E-state index in [1.165, 1.54) is 11.3 Å². The van der Waals surface area contributed by atoms with E-state index in [2.05, 4.69) is 15.5 Å². The second-order valence-electron chi connectivity index (χ2n) is 5.48. The van der Waals surface area contributed by atoms with Crippen molar-refractivity contribution in [1.82, 2.24) is 4.98 Å². The quantitative estimate of drug-likeness (QED) is 0.365. The average Bonchev–Trinajstić information content (AvgIpc) is 3.18. The summed E-state index contributed by atoms with van der Waals surface area (Å²) >= 11 is 1.48. The molecule has 1 N–H and O–H groups in total. The number of methoxy groups -OCH3 is 2. The summed E-state index contributed by atoms with van der Waals surface area (Å²) in [5.74, 6) is 2.21. The number of nitrogens with zero attached hydrogens (tertiary/aromatic N) is 2. The van der Waals surface area contributed by atoms with Crippen molar-refractivity contribution in [3.05, 3.63) is 53.4 Å². The molecular weight excluding hydrogens is 442 g/mol. The van der Waals surface area contributed by atoms with E-state index in [0.717, 1.165) is 22.6 Å². The molecule has 148 valence electrons. The lowest BCUT2D eigenvalue weighted by Crippen LogP contribution is -1.93. The molecule has 8 heteroatoms. The fourth-order valence-corrected chi connectivity index (χ4v) is 3.10. The van der Waals surface area contributed by atoms with E-state index in [4.69, 9.17) is 14.2 Å². The van der Waals surface area contributed by atoms with Crippen LogP contribution in [0.3, 0.4) is 0 Å². The summed E-state index contributed by atoms with van der Waals surface area (Å²) in [5, 5.41) is 6.92. The van der Waals surface area contributed by atoms with Crippen LogP contribution >= 0.6 is 28.3 Å². The zero-order chi connectivity index (χ0) is 19.1. The van der Waals surface area contributed by atoms with Gasteiger partial charge in [0.15, 0.2) is 11.5 Å². The van der Waals surface area contributed by atoms with Crippen LogP contribution in [-0.2, 0) is 0 Å². The van der Waals surface area contributed by atoms with Crippen LogP contribution in [0, 0.1) is 0 Å². The van der Waals surface area contributed by atoms with Crippen LogP contribution in [0.5, 0.6) is 17.2 Å². The van der Waals surface area contributed by atoms with Gasteiger partial charge >= 0.3 is 0 Å². The van der Waals surface area contributed by atoms with Crippen LogP contribution in [0.4, 0.5) is 5.13 Å². The topological polar surface area (TPSA) is 65.0 Å². The van der Waals surface area contributed by atoms with Gasteiger partial charge in [0.05, 0.1) is 32.7 Å². The first-order valence-corrected chi connectivity index (χ1v) is 9.31. The van der Waals surface area contributed by atoms with Crippen molar-refractivity contribution in [3.8, 4) is 28.5 Å². The summed E-state index contributed by atoms with van der Waals surface area (Å²) in [5.41, 5.74) is 5.74. The highest BCUT2D eigenvalue weighted by Crippen LogP contribution is 2.33. The molecular formula is C20H22BrN3O3S. The van der Waals surface area contributed by atoms with Gasteiger partial charge in [0, 0.05) is 10.9 Å². The van der Waals surface area contributed by atoms with Crippen LogP contribution in [0.15, 0.2) is 52.9 Å². The number of benzene rings is 2. The second-order valence-corrected chi connectivity index (χ2v) is 6.34. The fraction of sp³-hybridized carbons (Fsp3) is 0.200. The number of nitrogens with one attached hydrogen (secondary N) is 1. The summed E-state index contributed by atoms with van der Waals surface area (Å²) in [7, 11) is 3.23. The van der Waals surface area contributed by atoms with Crippen molar-refractivity contribution in [2.45, 2.75) is 6.92 Å². The summed E-state index contributed by atoms with van der Waals surface area (Å²) in [6.07, 6.45) is 1.74. The zero-order valence-corrected chi connectivity index (χ0v) is 18.4. The fourth-order valence-electron chi connectivity index (χ4n) is 2.43. The number of hydrogen-bond acceptors (Lipinski definition) is 7. The van der Waals surface area contributed by atoms with E-state index in [9.17, 15) is 0 Å². The van der Waals surface area contributed by atoms with E-state index in [1.54, 1.807) is 20.4 Å². The number of aromatic nitrogens is 1. The standard InChI is InChI=1S/C20H21N3O3S.BrH/c1-4-26-16-8-5-14(6-9-16)12-21-23-20-22-17(13-27-20)15-7-10-18(24-2)19(11-15)25-3;/h5-13H,4H2,1-3H3,(H,22,23);1H. The highest BCUT2D eigenvalue weighted by molar-refractivity contribution is 8.93. The van der Waals surface area contributed by atoms with Gasteiger partial charge in [-0.1, -0.05) is 0 Å². The molecule has 0 aliphatic rings. The first-order chi connectivity index (χ1) is 13.2. The monoisotopic (exact) mass is 463 g/mol. The Labute approximate surface area is 178 Å². The summed E-state index contributed by atoms with van der Waals surface area (Å²) in [6.45, 7) is 2.62. The van der Waals surface area contributed by atoms with Crippen molar-refractivity contribution in [3.63, 3.8) is 0 Å². The number of hydrazone groups is 1. The second kappa shape index (κ2) is 10.7. The molecule has 0 unspecified atom stereocenters. The lowest BCUT2D eigenvalue weighted by atomic mass is 10.1. The zero-order valence-electron chi connectivity index (χ0n) is 15.8. The van der Waals surface area contributed by atoms with E-state index < -0.39 is 0 Å². The maximum atomic E-state index is 5.43. The molecule has 3 rings (SSSR count). The molecule has 1 heterocycles. The molecule has 28 heavy (non-hydrogen) atoms. The molecule has 1 aromatic heterocycles. The molecule has 0 aliphatic heterocycles. The van der Waals surface area contributed by atoms with Crippen LogP contribution in [0.1, 0.15) is 12.5 Å². The molecule has 0 saturated heterocycles. The Morgan fingerprint density at radius 2 is 1.82 bits per heavy atom. The van der Waals surface area contributed by atoms with Gasteiger partial charge in [-0.15, -0.1) is 28.3 Å². The molecule has 0 spiro atoms. The van der Waals surface area contributed by atoms with Crippen molar-refractivity contribution in [2.24, 2.45) is 5.10 Å². The van der Waals surface area contributed by atoms with Gasteiger partial charge in [0.25, 0.3) is 0 Å². The minimum absolute atomic E-state index is 0. The van der Waals surface area contributed by atoms with Gasteiger partial charge in [-0.3, -0.25) is 5.43 Å². The largest absolute Gasteiger partial charge is 0.494 e. The molecule has 0 radical (unpaired) electrons. The SMILES string of the molecule is Br.CCOc1ccc(C=NNc2nc(-c3ccc(OC)c(OC)c3)cs2)cc1. The predicted octanol–water partition coefficient (Wildman–Crippen LogP) is 5.25. The molecule has 3 aromatic rings. The van der Waals surface area contributed by atoms with Crippen molar-refractivity contribution in [2.75, 3.05) is 26.3 Å².